The average molecular weight is 321 g/mol. The van der Waals surface area contributed by atoms with Gasteiger partial charge in [0.25, 0.3) is 0 Å². The van der Waals surface area contributed by atoms with Crippen LogP contribution in [0.1, 0.15) is 24.0 Å². The van der Waals surface area contributed by atoms with Crippen molar-refractivity contribution in [3.63, 3.8) is 0 Å². The van der Waals surface area contributed by atoms with Crippen LogP contribution in [0.25, 0.3) is 11.1 Å². The first-order valence-electron chi connectivity index (χ1n) is 8.08. The Hall–Kier alpha value is -2.82. The topological polar surface area (TPSA) is 68.1 Å². The third kappa shape index (κ3) is 1.94. The molecule has 3 aliphatic rings. The highest BCUT2D eigenvalue weighted by Gasteiger charge is 2.42. The summed E-state index contributed by atoms with van der Waals surface area (Å²) >= 11 is 0. The number of nitroso groups, excluding NO2 is 1. The van der Waals surface area contributed by atoms with Gasteiger partial charge in [-0.1, -0.05) is 0 Å². The van der Waals surface area contributed by atoms with E-state index in [4.69, 9.17) is 9.47 Å². The van der Waals surface area contributed by atoms with Gasteiger partial charge in [0.05, 0.1) is 0 Å². The van der Waals surface area contributed by atoms with E-state index in [-0.39, 0.29) is 11.9 Å². The molecule has 1 unspecified atom stereocenters. The van der Waals surface area contributed by atoms with Gasteiger partial charge in [0, 0.05) is 40.3 Å². The SMILES string of the molecule is O=Nc1ccc2c(c1)OC(C1CC1)C1=C2COc2cc(O)ccc21. The Bertz CT molecular complexity index is 898. The lowest BCUT2D eigenvalue weighted by atomic mass is 9.85. The maximum atomic E-state index is 10.8. The van der Waals surface area contributed by atoms with Crippen LogP contribution >= 0.6 is 0 Å². The monoisotopic (exact) mass is 321 g/mol. The summed E-state index contributed by atoms with van der Waals surface area (Å²) in [5, 5.41) is 12.7. The third-order valence-electron chi connectivity index (χ3n) is 4.94. The van der Waals surface area contributed by atoms with Crippen molar-refractivity contribution in [3.05, 3.63) is 52.4 Å². The second-order valence-corrected chi connectivity index (χ2v) is 6.51. The molecule has 2 aromatic carbocycles. The maximum absolute atomic E-state index is 10.8. The number of hydrogen-bond acceptors (Lipinski definition) is 5. The smallest absolute Gasteiger partial charge is 0.131 e. The number of hydrogen-bond donors (Lipinski definition) is 1. The molecule has 0 radical (unpaired) electrons. The van der Waals surface area contributed by atoms with E-state index < -0.39 is 0 Å². The number of phenols is 1. The van der Waals surface area contributed by atoms with E-state index in [9.17, 15) is 10.0 Å². The molecular formula is C19H15NO4. The number of nitrogens with zero attached hydrogens (tertiary/aromatic N) is 1. The van der Waals surface area contributed by atoms with Crippen LogP contribution in [0, 0.1) is 10.8 Å². The predicted molar refractivity (Wildman–Crippen MR) is 89.5 cm³/mol. The van der Waals surface area contributed by atoms with Crippen molar-refractivity contribution in [2.24, 2.45) is 11.1 Å². The van der Waals surface area contributed by atoms with E-state index in [1.54, 1.807) is 24.3 Å². The van der Waals surface area contributed by atoms with Gasteiger partial charge in [0.1, 0.15) is 35.6 Å². The molecule has 0 saturated heterocycles. The van der Waals surface area contributed by atoms with E-state index in [1.807, 2.05) is 12.1 Å². The van der Waals surface area contributed by atoms with Gasteiger partial charge >= 0.3 is 0 Å². The van der Waals surface area contributed by atoms with Crippen molar-refractivity contribution in [2.75, 3.05) is 6.61 Å². The normalized spacial score (nSPS) is 21.1. The minimum absolute atomic E-state index is 0.0402. The Morgan fingerprint density at radius 3 is 2.67 bits per heavy atom. The largest absolute Gasteiger partial charge is 0.508 e. The summed E-state index contributed by atoms with van der Waals surface area (Å²) in [4.78, 5) is 10.8. The minimum Gasteiger partial charge on any atom is -0.508 e. The van der Waals surface area contributed by atoms with Crippen molar-refractivity contribution >= 4 is 16.8 Å². The Kier molecular flexibility index (Phi) is 2.74. The first kappa shape index (κ1) is 13.6. The molecule has 2 aliphatic heterocycles. The molecule has 1 atom stereocenters. The summed E-state index contributed by atoms with van der Waals surface area (Å²) in [7, 11) is 0. The fourth-order valence-corrected chi connectivity index (χ4v) is 3.63. The number of fused-ring (bicyclic) bond motifs is 4. The van der Waals surface area contributed by atoms with Gasteiger partial charge < -0.3 is 14.6 Å². The zero-order valence-electron chi connectivity index (χ0n) is 12.9. The van der Waals surface area contributed by atoms with Crippen LogP contribution in [0.5, 0.6) is 17.2 Å². The van der Waals surface area contributed by atoms with Crippen LogP contribution in [0.3, 0.4) is 0 Å². The second kappa shape index (κ2) is 4.84. The fourth-order valence-electron chi connectivity index (χ4n) is 3.63. The van der Waals surface area contributed by atoms with E-state index in [0.717, 1.165) is 35.1 Å². The first-order chi connectivity index (χ1) is 11.7. The zero-order valence-corrected chi connectivity index (χ0v) is 12.9. The summed E-state index contributed by atoms with van der Waals surface area (Å²) in [5.41, 5.74) is 4.55. The van der Waals surface area contributed by atoms with Gasteiger partial charge in [-0.05, 0) is 42.3 Å². The molecule has 1 aliphatic carbocycles. The van der Waals surface area contributed by atoms with Gasteiger partial charge in [-0.3, -0.25) is 0 Å². The highest BCUT2D eigenvalue weighted by molar-refractivity contribution is 5.99. The molecule has 2 heterocycles. The van der Waals surface area contributed by atoms with E-state index >= 15 is 0 Å². The first-order valence-corrected chi connectivity index (χ1v) is 8.08. The molecule has 1 fully saturated rings. The maximum Gasteiger partial charge on any atom is 0.131 e. The second-order valence-electron chi connectivity index (χ2n) is 6.51. The number of rotatable bonds is 2. The number of ether oxygens (including phenoxy) is 2. The predicted octanol–water partition coefficient (Wildman–Crippen LogP) is 4.26. The van der Waals surface area contributed by atoms with Crippen molar-refractivity contribution in [1.82, 2.24) is 0 Å². The van der Waals surface area contributed by atoms with Crippen LogP contribution < -0.4 is 9.47 Å². The molecule has 2 aromatic rings. The Balaban J connectivity index is 1.74. The molecule has 24 heavy (non-hydrogen) atoms. The minimum atomic E-state index is -0.0402. The van der Waals surface area contributed by atoms with E-state index in [0.29, 0.717) is 29.7 Å². The molecule has 1 N–H and O–H groups in total. The van der Waals surface area contributed by atoms with Gasteiger partial charge in [-0.2, -0.15) is 0 Å². The number of benzene rings is 2. The lowest BCUT2D eigenvalue weighted by Crippen LogP contribution is -2.29. The molecule has 0 bridgehead atoms. The van der Waals surface area contributed by atoms with Crippen LogP contribution in [-0.2, 0) is 0 Å². The van der Waals surface area contributed by atoms with Gasteiger partial charge in [0.2, 0.25) is 0 Å². The van der Waals surface area contributed by atoms with Crippen molar-refractivity contribution < 1.29 is 14.6 Å². The molecule has 5 nitrogen and oxygen atoms in total. The van der Waals surface area contributed by atoms with E-state index in [2.05, 4.69) is 5.18 Å². The van der Waals surface area contributed by atoms with Crippen molar-refractivity contribution in [3.8, 4) is 17.2 Å². The lowest BCUT2D eigenvalue weighted by molar-refractivity contribution is 0.226. The number of aromatic hydroxyl groups is 1. The average Bonchev–Trinajstić information content (AvgIpc) is 3.44. The molecular weight excluding hydrogens is 306 g/mol. The van der Waals surface area contributed by atoms with Crippen LogP contribution in [0.2, 0.25) is 0 Å². The molecule has 1 saturated carbocycles. The molecule has 0 aromatic heterocycles. The van der Waals surface area contributed by atoms with E-state index in [1.165, 1.54) is 0 Å². The van der Waals surface area contributed by atoms with Gasteiger partial charge in [-0.15, -0.1) is 4.91 Å². The van der Waals surface area contributed by atoms with Crippen molar-refractivity contribution in [1.29, 1.82) is 0 Å². The fraction of sp³-hybridized carbons (Fsp3) is 0.263. The van der Waals surface area contributed by atoms with Gasteiger partial charge in [-0.25, -0.2) is 0 Å². The molecule has 120 valence electrons. The summed E-state index contributed by atoms with van der Waals surface area (Å²) in [6, 6.07) is 10.5. The van der Waals surface area contributed by atoms with Crippen LogP contribution in [-0.4, -0.2) is 17.8 Å². The summed E-state index contributed by atoms with van der Waals surface area (Å²) in [6.45, 7) is 0.430. The standard InChI is InChI=1S/C19H15NO4/c21-12-4-6-14-16(8-12)23-9-15-13-5-3-11(20-22)7-17(13)24-19(18(14)15)10-1-2-10/h3-8,10,19,21H,1-2,9H2. The summed E-state index contributed by atoms with van der Waals surface area (Å²) in [6.07, 6.45) is 2.23. The Morgan fingerprint density at radius 1 is 1.04 bits per heavy atom. The van der Waals surface area contributed by atoms with Gasteiger partial charge in [0.15, 0.2) is 0 Å². The number of phenolic OH excluding ortho intramolecular Hbond substituents is 1. The Morgan fingerprint density at radius 2 is 1.88 bits per heavy atom. The van der Waals surface area contributed by atoms with Crippen LogP contribution in [0.4, 0.5) is 5.69 Å². The summed E-state index contributed by atoms with van der Waals surface area (Å²) < 4.78 is 12.2. The highest BCUT2D eigenvalue weighted by atomic mass is 16.5. The Labute approximate surface area is 138 Å². The highest BCUT2D eigenvalue weighted by Crippen LogP contribution is 2.52. The molecule has 5 heteroatoms. The third-order valence-corrected chi connectivity index (χ3v) is 4.94. The summed E-state index contributed by atoms with van der Waals surface area (Å²) in [5.74, 6) is 2.07. The lowest BCUT2D eigenvalue weighted by Gasteiger charge is -2.35. The van der Waals surface area contributed by atoms with Crippen LogP contribution in [0.15, 0.2) is 41.6 Å². The molecule has 5 rings (SSSR count). The quantitative estimate of drug-likeness (QED) is 0.839. The van der Waals surface area contributed by atoms with Crippen molar-refractivity contribution in [2.45, 2.75) is 18.9 Å². The molecule has 0 amide bonds. The zero-order chi connectivity index (χ0) is 16.3. The molecule has 0 spiro atoms.